The van der Waals surface area contributed by atoms with Gasteiger partial charge < -0.3 is 4.74 Å². The number of carbonyl (C=O) groups is 1. The molecule has 0 heterocycles. The Balaban J connectivity index is 0. The van der Waals surface area contributed by atoms with Crippen molar-refractivity contribution in [2.75, 3.05) is 6.61 Å². The number of hydrogen-bond acceptors (Lipinski definition) is 2. The first-order valence-electron chi connectivity index (χ1n) is 3.08. The monoisotopic (exact) mass is 258 g/mol. The maximum absolute atomic E-state index is 10.4. The minimum atomic E-state index is -0.213. The molecule has 10 heavy (non-hydrogen) atoms. The van der Waals surface area contributed by atoms with Crippen LogP contribution in [0.2, 0.25) is 0 Å². The molecule has 0 rings (SSSR count). The third kappa shape index (κ3) is 11.3. The molecule has 0 aromatic rings. The summed E-state index contributed by atoms with van der Waals surface area (Å²) in [6.45, 7) is 4.16. The number of halogens is 1. The fraction of sp³-hybridized carbons (Fsp3) is 0.667. The van der Waals surface area contributed by atoms with E-state index in [9.17, 15) is 4.79 Å². The van der Waals surface area contributed by atoms with Gasteiger partial charge in [-0.05, 0) is 6.92 Å². The van der Waals surface area contributed by atoms with E-state index in [0.29, 0.717) is 6.61 Å². The Morgan fingerprint density at radius 1 is 1.60 bits per heavy atom. The van der Waals surface area contributed by atoms with E-state index < -0.39 is 0 Å². The van der Waals surface area contributed by atoms with Gasteiger partial charge in [-0.25, -0.2) is 0 Å². The Kier molecular flexibility index (Phi) is 15.9. The number of carbonyl (C=O) groups excluding carboxylic acids is 1. The normalized spacial score (nSPS) is 7.30. The van der Waals surface area contributed by atoms with Crippen LogP contribution in [-0.2, 0) is 25.9 Å². The Hall–Kier alpha value is 0.443. The van der Waals surface area contributed by atoms with Crippen LogP contribution in [0.1, 0.15) is 20.3 Å². The summed E-state index contributed by atoms with van der Waals surface area (Å²) in [5.41, 5.74) is 0. The van der Waals surface area contributed by atoms with Crippen LogP contribution >= 0.6 is 13.6 Å². The molecule has 0 amide bonds. The average Bonchev–Trinajstić information content (AvgIpc) is 1.93. The van der Waals surface area contributed by atoms with Crippen molar-refractivity contribution in [3.05, 3.63) is 6.42 Å². The zero-order valence-electron chi connectivity index (χ0n) is 6.39. The van der Waals surface area contributed by atoms with E-state index in [1.165, 1.54) is 22.8 Å². The first-order valence-corrected chi connectivity index (χ1v) is 10.0. The van der Waals surface area contributed by atoms with Gasteiger partial charge in [-0.3, -0.25) is 11.2 Å². The third-order valence-electron chi connectivity index (χ3n) is 0.657. The molecule has 0 aliphatic carbocycles. The number of rotatable bonds is 3. The summed E-state index contributed by atoms with van der Waals surface area (Å²) in [4.78, 5) is 10.4. The molecule has 56 valence electrons. The summed E-state index contributed by atoms with van der Waals surface area (Å²) in [6, 6.07) is 0. The van der Waals surface area contributed by atoms with Gasteiger partial charge in [0.1, 0.15) is 0 Å². The molecule has 0 spiro atoms. The standard InChI is InChI=1S/C6H11O2.BrH.Zn/c1-3-5-6(7)8-4-2;;/h5H,3-4H2,1-2H3;1H;/q-1;;+2/p-1. The van der Waals surface area contributed by atoms with Crippen LogP contribution in [0.25, 0.3) is 0 Å². The molecule has 0 N–H and O–H groups in total. The average molecular weight is 260 g/mol. The molecule has 0 atom stereocenters. The Morgan fingerprint density at radius 3 is 2.40 bits per heavy atom. The van der Waals surface area contributed by atoms with Gasteiger partial charge in [-0.1, -0.05) is 6.92 Å². The molecule has 0 saturated carbocycles. The molecule has 2 nitrogen and oxygen atoms in total. The second-order valence-electron chi connectivity index (χ2n) is 1.36. The van der Waals surface area contributed by atoms with Crippen molar-refractivity contribution in [1.29, 1.82) is 0 Å². The molecule has 0 fully saturated rings. The fourth-order valence-electron chi connectivity index (χ4n) is 0.368. The minimum absolute atomic E-state index is 0.213. The molecule has 0 radical (unpaired) electrons. The quantitative estimate of drug-likeness (QED) is 0.441. The summed E-state index contributed by atoms with van der Waals surface area (Å²) in [5.74, 6) is -0.213. The van der Waals surface area contributed by atoms with Crippen molar-refractivity contribution in [2.45, 2.75) is 20.3 Å². The molecule has 0 aliphatic rings. The molecule has 0 aromatic carbocycles. The summed E-state index contributed by atoms with van der Waals surface area (Å²) in [6.07, 6.45) is 2.27. The summed E-state index contributed by atoms with van der Waals surface area (Å²) in [5, 5.41) is 0. The van der Waals surface area contributed by atoms with E-state index >= 15 is 0 Å². The van der Waals surface area contributed by atoms with Gasteiger partial charge in [-0.2, -0.15) is 6.42 Å². The molecule has 0 bridgehead atoms. The van der Waals surface area contributed by atoms with Crippen LogP contribution in [-0.4, -0.2) is 12.6 Å². The fourth-order valence-corrected chi connectivity index (χ4v) is 0.368. The zero-order valence-corrected chi connectivity index (χ0v) is 10.9. The number of hydrogen-bond donors (Lipinski definition) is 0. The van der Waals surface area contributed by atoms with Crippen molar-refractivity contribution in [1.82, 2.24) is 0 Å². The second kappa shape index (κ2) is 12.2. The molecular weight excluding hydrogens is 249 g/mol. The van der Waals surface area contributed by atoms with Gasteiger partial charge in [0, 0.05) is 0 Å². The Labute approximate surface area is 78.7 Å². The van der Waals surface area contributed by atoms with Gasteiger partial charge in [-0.15, -0.1) is 0 Å². The van der Waals surface area contributed by atoms with Gasteiger partial charge in [0.25, 0.3) is 0 Å². The van der Waals surface area contributed by atoms with Crippen LogP contribution in [0.4, 0.5) is 0 Å². The maximum atomic E-state index is 10.4. The van der Waals surface area contributed by atoms with E-state index in [0.717, 1.165) is 6.42 Å². The van der Waals surface area contributed by atoms with Crippen LogP contribution in [0.5, 0.6) is 0 Å². The first kappa shape index (κ1) is 13.1. The van der Waals surface area contributed by atoms with Crippen molar-refractivity contribution in [3.8, 4) is 0 Å². The van der Waals surface area contributed by atoms with Crippen LogP contribution < -0.4 is 0 Å². The topological polar surface area (TPSA) is 26.3 Å². The third-order valence-corrected chi connectivity index (χ3v) is 0.657. The molecule has 4 heteroatoms. The molecule has 0 saturated heterocycles. The van der Waals surface area contributed by atoms with Crippen molar-refractivity contribution in [3.63, 3.8) is 0 Å². The van der Waals surface area contributed by atoms with Crippen molar-refractivity contribution in [2.24, 2.45) is 0 Å². The van der Waals surface area contributed by atoms with Crippen molar-refractivity contribution >= 4 is 19.6 Å². The summed E-state index contributed by atoms with van der Waals surface area (Å²) < 4.78 is 4.59. The first-order chi connectivity index (χ1) is 4.81. The van der Waals surface area contributed by atoms with E-state index in [4.69, 9.17) is 0 Å². The van der Waals surface area contributed by atoms with Gasteiger partial charge in [0.05, 0.1) is 6.61 Å². The molecule has 0 unspecified atom stereocenters. The SMILES string of the molecule is CC[CH-]C(=O)OCC.[Zn+][Br]. The van der Waals surface area contributed by atoms with E-state index in [2.05, 4.69) is 18.4 Å². The van der Waals surface area contributed by atoms with Crippen LogP contribution in [0, 0.1) is 6.42 Å². The molecule has 0 aromatic heterocycles. The Bertz CT molecular complexity index is 70.1. The number of esters is 1. The molecular formula is C6H11BrO2Zn. The van der Waals surface area contributed by atoms with E-state index in [1.54, 1.807) is 6.92 Å². The van der Waals surface area contributed by atoms with Crippen LogP contribution in [0.3, 0.4) is 0 Å². The molecule has 0 aliphatic heterocycles. The van der Waals surface area contributed by atoms with Crippen molar-refractivity contribution < 1.29 is 25.9 Å². The van der Waals surface area contributed by atoms with Gasteiger partial charge >= 0.3 is 30.0 Å². The van der Waals surface area contributed by atoms with Gasteiger partial charge in [0.15, 0.2) is 5.97 Å². The van der Waals surface area contributed by atoms with Gasteiger partial charge in [0.2, 0.25) is 0 Å². The van der Waals surface area contributed by atoms with Crippen LogP contribution in [0.15, 0.2) is 0 Å². The predicted octanol–water partition coefficient (Wildman–Crippen LogP) is 2.01. The summed E-state index contributed by atoms with van der Waals surface area (Å²) in [7, 11) is 0. The predicted molar refractivity (Wildman–Crippen MR) is 40.2 cm³/mol. The Morgan fingerprint density at radius 2 is 2.10 bits per heavy atom. The summed E-state index contributed by atoms with van der Waals surface area (Å²) >= 11 is 4.25. The second-order valence-corrected chi connectivity index (χ2v) is 1.36. The number of ether oxygens (including phenoxy) is 1. The zero-order chi connectivity index (χ0) is 8.41. The van der Waals surface area contributed by atoms with E-state index in [1.807, 2.05) is 6.92 Å². The van der Waals surface area contributed by atoms with E-state index in [-0.39, 0.29) is 5.97 Å².